The third-order valence-corrected chi connectivity index (χ3v) is 2.49. The van der Waals surface area contributed by atoms with Crippen LogP contribution in [0.15, 0.2) is 12.2 Å². The van der Waals surface area contributed by atoms with Gasteiger partial charge in [0.05, 0.1) is 7.11 Å². The molecule has 0 bridgehead atoms. The van der Waals surface area contributed by atoms with E-state index in [1.165, 1.54) is 7.11 Å². The Labute approximate surface area is 65.4 Å². The van der Waals surface area contributed by atoms with Crippen LogP contribution in [0.25, 0.3) is 0 Å². The second-order valence-electron chi connectivity index (χ2n) is 3.04. The van der Waals surface area contributed by atoms with Crippen molar-refractivity contribution in [3.8, 4) is 0 Å². The van der Waals surface area contributed by atoms with Crippen molar-refractivity contribution in [1.82, 2.24) is 5.32 Å². The largest absolute Gasteiger partial charge is 0.468 e. The van der Waals surface area contributed by atoms with E-state index in [9.17, 15) is 4.79 Å². The van der Waals surface area contributed by atoms with Crippen molar-refractivity contribution in [3.05, 3.63) is 12.2 Å². The molecule has 1 N–H and O–H groups in total. The summed E-state index contributed by atoms with van der Waals surface area (Å²) in [4.78, 5) is 11.1. The van der Waals surface area contributed by atoms with E-state index in [0.717, 1.165) is 6.54 Å². The van der Waals surface area contributed by atoms with Gasteiger partial charge in [-0.05, 0) is 5.92 Å². The number of esters is 1. The van der Waals surface area contributed by atoms with Gasteiger partial charge in [0, 0.05) is 12.5 Å². The first kappa shape index (κ1) is 6.85. The minimum absolute atomic E-state index is 0.0880. The first-order valence-corrected chi connectivity index (χ1v) is 3.82. The number of carbonyl (C=O) groups excluding carboxylic acids is 1. The van der Waals surface area contributed by atoms with Crippen LogP contribution in [-0.2, 0) is 9.53 Å². The van der Waals surface area contributed by atoms with Crippen LogP contribution < -0.4 is 5.32 Å². The van der Waals surface area contributed by atoms with Crippen molar-refractivity contribution in [2.24, 2.45) is 11.8 Å². The van der Waals surface area contributed by atoms with Gasteiger partial charge in [-0.15, -0.1) is 0 Å². The van der Waals surface area contributed by atoms with E-state index in [4.69, 9.17) is 0 Å². The standard InChI is InChI=1S/C8H11NO2/c1-11-8(10)7-6-3-2-5(6)4-9-7/h2-3,5-7,9H,4H2,1H3/t5-,6-,7?/m0/s1. The lowest BCUT2D eigenvalue weighted by atomic mass is 9.81. The molecule has 0 radical (unpaired) electrons. The molecule has 0 aromatic rings. The van der Waals surface area contributed by atoms with Gasteiger partial charge in [0.15, 0.2) is 0 Å². The van der Waals surface area contributed by atoms with Crippen molar-refractivity contribution >= 4 is 5.97 Å². The fourth-order valence-electron chi connectivity index (χ4n) is 1.73. The zero-order valence-corrected chi connectivity index (χ0v) is 6.41. The molecule has 0 spiro atoms. The van der Waals surface area contributed by atoms with Gasteiger partial charge in [0.25, 0.3) is 0 Å². The van der Waals surface area contributed by atoms with Crippen LogP contribution in [0, 0.1) is 11.8 Å². The number of nitrogens with one attached hydrogen (secondary N) is 1. The zero-order valence-electron chi connectivity index (χ0n) is 6.41. The Morgan fingerprint density at radius 1 is 1.64 bits per heavy atom. The lowest BCUT2D eigenvalue weighted by molar-refractivity contribution is -0.143. The zero-order chi connectivity index (χ0) is 7.84. The third-order valence-electron chi connectivity index (χ3n) is 2.49. The van der Waals surface area contributed by atoms with Crippen LogP contribution >= 0.6 is 0 Å². The second kappa shape index (κ2) is 2.34. The van der Waals surface area contributed by atoms with E-state index < -0.39 is 0 Å². The van der Waals surface area contributed by atoms with Gasteiger partial charge in [0.2, 0.25) is 0 Å². The maximum absolute atomic E-state index is 11.1. The molecule has 2 rings (SSSR count). The van der Waals surface area contributed by atoms with E-state index >= 15 is 0 Å². The maximum atomic E-state index is 11.1. The molecule has 3 atom stereocenters. The van der Waals surface area contributed by atoms with Gasteiger partial charge in [-0.3, -0.25) is 4.79 Å². The topological polar surface area (TPSA) is 38.3 Å². The van der Waals surface area contributed by atoms with Crippen molar-refractivity contribution in [2.75, 3.05) is 13.7 Å². The first-order valence-electron chi connectivity index (χ1n) is 3.82. The van der Waals surface area contributed by atoms with Crippen LogP contribution in [0.1, 0.15) is 0 Å². The van der Waals surface area contributed by atoms with E-state index in [1.54, 1.807) is 0 Å². The number of hydrogen-bond acceptors (Lipinski definition) is 3. The number of hydrogen-bond donors (Lipinski definition) is 1. The van der Waals surface area contributed by atoms with Gasteiger partial charge in [-0.1, -0.05) is 12.2 Å². The van der Waals surface area contributed by atoms with E-state index in [1.807, 2.05) is 0 Å². The molecule has 60 valence electrons. The first-order chi connectivity index (χ1) is 5.33. The molecule has 1 aliphatic carbocycles. The summed E-state index contributed by atoms with van der Waals surface area (Å²) in [5.74, 6) is 0.823. The Morgan fingerprint density at radius 3 is 2.91 bits per heavy atom. The minimum atomic E-state index is -0.137. The van der Waals surface area contributed by atoms with Gasteiger partial charge in [0.1, 0.15) is 6.04 Å². The summed E-state index contributed by atoms with van der Waals surface area (Å²) >= 11 is 0. The highest BCUT2D eigenvalue weighted by Gasteiger charge is 2.41. The van der Waals surface area contributed by atoms with Crippen molar-refractivity contribution in [2.45, 2.75) is 6.04 Å². The van der Waals surface area contributed by atoms with Crippen molar-refractivity contribution < 1.29 is 9.53 Å². The quantitative estimate of drug-likeness (QED) is 0.423. The highest BCUT2D eigenvalue weighted by atomic mass is 16.5. The molecule has 1 saturated heterocycles. The molecule has 0 aromatic carbocycles. The average molecular weight is 153 g/mol. The van der Waals surface area contributed by atoms with Crippen molar-refractivity contribution in [3.63, 3.8) is 0 Å². The predicted molar refractivity (Wildman–Crippen MR) is 39.9 cm³/mol. The van der Waals surface area contributed by atoms with Crippen LogP contribution in [-0.4, -0.2) is 25.7 Å². The van der Waals surface area contributed by atoms with E-state index in [0.29, 0.717) is 11.8 Å². The smallest absolute Gasteiger partial charge is 0.323 e. The molecule has 1 fully saturated rings. The molecule has 0 amide bonds. The molecular weight excluding hydrogens is 142 g/mol. The number of ether oxygens (including phenoxy) is 1. The molecule has 1 heterocycles. The lowest BCUT2D eigenvalue weighted by Crippen LogP contribution is -2.37. The van der Waals surface area contributed by atoms with Crippen LogP contribution in [0.5, 0.6) is 0 Å². The lowest BCUT2D eigenvalue weighted by Gasteiger charge is -2.23. The van der Waals surface area contributed by atoms with E-state index in [-0.39, 0.29) is 12.0 Å². The minimum Gasteiger partial charge on any atom is -0.468 e. The van der Waals surface area contributed by atoms with Gasteiger partial charge in [-0.25, -0.2) is 0 Å². The molecule has 1 unspecified atom stereocenters. The number of methoxy groups -OCH3 is 1. The van der Waals surface area contributed by atoms with Crippen molar-refractivity contribution in [1.29, 1.82) is 0 Å². The number of rotatable bonds is 1. The Balaban J connectivity index is 2.06. The number of fused-ring (bicyclic) bond motifs is 1. The molecule has 0 aromatic heterocycles. The summed E-state index contributed by atoms with van der Waals surface area (Å²) in [5, 5.41) is 3.13. The summed E-state index contributed by atoms with van der Waals surface area (Å²) in [6.07, 6.45) is 4.22. The summed E-state index contributed by atoms with van der Waals surface area (Å²) in [5.41, 5.74) is 0. The average Bonchev–Trinajstić information content (AvgIpc) is 2.25. The Morgan fingerprint density at radius 2 is 2.45 bits per heavy atom. The predicted octanol–water partition coefficient (Wildman–Crippen LogP) is -0.0666. The Kier molecular flexibility index (Phi) is 1.46. The summed E-state index contributed by atoms with van der Waals surface area (Å²) in [6.45, 7) is 0.918. The Hall–Kier alpha value is -0.830. The van der Waals surface area contributed by atoms with Gasteiger partial charge >= 0.3 is 5.97 Å². The van der Waals surface area contributed by atoms with Gasteiger partial charge in [-0.2, -0.15) is 0 Å². The molecular formula is C8H11NO2. The summed E-state index contributed by atoms with van der Waals surface area (Å²) in [6, 6.07) is -0.0880. The monoisotopic (exact) mass is 153 g/mol. The van der Waals surface area contributed by atoms with E-state index in [2.05, 4.69) is 22.2 Å². The molecule has 3 nitrogen and oxygen atoms in total. The normalized spacial score (nSPS) is 39.5. The molecule has 3 heteroatoms. The fraction of sp³-hybridized carbons (Fsp3) is 0.625. The van der Waals surface area contributed by atoms with Crippen LogP contribution in [0.3, 0.4) is 0 Å². The highest BCUT2D eigenvalue weighted by molar-refractivity contribution is 5.77. The fourth-order valence-corrected chi connectivity index (χ4v) is 1.73. The van der Waals surface area contributed by atoms with Crippen LogP contribution in [0.2, 0.25) is 0 Å². The molecule has 1 aliphatic heterocycles. The second-order valence-corrected chi connectivity index (χ2v) is 3.04. The van der Waals surface area contributed by atoms with Crippen LogP contribution in [0.4, 0.5) is 0 Å². The third kappa shape index (κ3) is 0.878. The molecule has 2 aliphatic rings. The van der Waals surface area contributed by atoms with Gasteiger partial charge < -0.3 is 10.1 Å². The summed E-state index contributed by atoms with van der Waals surface area (Å²) < 4.78 is 4.65. The number of carbonyl (C=O) groups is 1. The summed E-state index contributed by atoms with van der Waals surface area (Å²) in [7, 11) is 1.43. The highest BCUT2D eigenvalue weighted by Crippen LogP contribution is 2.33. The molecule has 11 heavy (non-hydrogen) atoms. The maximum Gasteiger partial charge on any atom is 0.323 e. The Bertz CT molecular complexity index is 212. The SMILES string of the molecule is COC(=O)C1NC[C@@H]2C=C[C@H]12. The molecule has 0 saturated carbocycles.